The maximum Gasteiger partial charge on any atom is 0.319 e. The highest BCUT2D eigenvalue weighted by Gasteiger charge is 2.24. The van der Waals surface area contributed by atoms with Crippen LogP contribution in [0.4, 0.5) is 16.3 Å². The van der Waals surface area contributed by atoms with Crippen LogP contribution in [0.15, 0.2) is 41.3 Å². The molecule has 3 aromatic rings. The molecule has 8 heteroatoms. The van der Waals surface area contributed by atoms with E-state index in [4.69, 9.17) is 0 Å². The van der Waals surface area contributed by atoms with Gasteiger partial charge < -0.3 is 15.5 Å². The Kier molecular flexibility index (Phi) is 5.39. The summed E-state index contributed by atoms with van der Waals surface area (Å²) >= 11 is 0. The molecule has 1 saturated heterocycles. The Balaban J connectivity index is 1.39. The molecule has 2 amide bonds. The van der Waals surface area contributed by atoms with Gasteiger partial charge in [-0.15, -0.1) is 0 Å². The fraction of sp³-hybridized carbons (Fsp3) is 0.364. The second-order valence-electron chi connectivity index (χ2n) is 7.88. The first-order valence-corrected chi connectivity index (χ1v) is 10.1. The summed E-state index contributed by atoms with van der Waals surface area (Å²) in [7, 11) is 1.72. The smallest absolute Gasteiger partial charge is 0.319 e. The average molecular weight is 406 g/mol. The molecule has 0 saturated carbocycles. The summed E-state index contributed by atoms with van der Waals surface area (Å²) in [4.78, 5) is 35.9. The first kappa shape index (κ1) is 19.9. The zero-order chi connectivity index (χ0) is 21.3. The molecule has 0 bridgehead atoms. The normalized spacial score (nSPS) is 14.7. The summed E-state index contributed by atoms with van der Waals surface area (Å²) < 4.78 is 1.54. The SMILES string of the molecule is Cc1cc(C)cc(NC(=O)NC2CCN(c3nc4cccnc4n(C)c3=O)CC2)c1. The van der Waals surface area contributed by atoms with Gasteiger partial charge in [0.2, 0.25) is 0 Å². The standard InChI is InChI=1S/C22H26N6O2/c1-14-11-15(2)13-17(12-14)25-22(30)24-16-6-9-28(10-7-16)20-21(29)27(3)19-18(26-20)5-4-8-23-19/h4-5,8,11-13,16H,6-7,9-10H2,1-3H3,(H2,24,25,30). The van der Waals surface area contributed by atoms with Crippen LogP contribution in [0.1, 0.15) is 24.0 Å². The number of amides is 2. The van der Waals surface area contributed by atoms with Gasteiger partial charge in [-0.2, -0.15) is 0 Å². The van der Waals surface area contributed by atoms with Crippen molar-refractivity contribution in [2.75, 3.05) is 23.3 Å². The van der Waals surface area contributed by atoms with Crippen molar-refractivity contribution in [1.82, 2.24) is 19.9 Å². The third-order valence-corrected chi connectivity index (χ3v) is 5.42. The van der Waals surface area contributed by atoms with E-state index in [0.29, 0.717) is 30.1 Å². The minimum Gasteiger partial charge on any atom is -0.352 e. The number of nitrogens with one attached hydrogen (secondary N) is 2. The van der Waals surface area contributed by atoms with Crippen LogP contribution in [-0.2, 0) is 7.05 Å². The highest BCUT2D eigenvalue weighted by atomic mass is 16.2. The fourth-order valence-electron chi connectivity index (χ4n) is 3.98. The van der Waals surface area contributed by atoms with Gasteiger partial charge in [0, 0.05) is 38.1 Å². The number of carbonyl (C=O) groups excluding carboxylic acids is 1. The Morgan fingerprint density at radius 1 is 1.13 bits per heavy atom. The first-order chi connectivity index (χ1) is 14.4. The molecule has 0 aliphatic carbocycles. The highest BCUT2D eigenvalue weighted by molar-refractivity contribution is 5.89. The highest BCUT2D eigenvalue weighted by Crippen LogP contribution is 2.18. The van der Waals surface area contributed by atoms with E-state index in [0.717, 1.165) is 29.7 Å². The van der Waals surface area contributed by atoms with Crippen LogP contribution in [-0.4, -0.2) is 39.7 Å². The lowest BCUT2D eigenvalue weighted by atomic mass is 10.1. The van der Waals surface area contributed by atoms with E-state index in [1.54, 1.807) is 17.8 Å². The quantitative estimate of drug-likeness (QED) is 0.698. The Morgan fingerprint density at radius 3 is 2.53 bits per heavy atom. The molecule has 156 valence electrons. The molecule has 0 radical (unpaired) electrons. The number of piperidine rings is 1. The van der Waals surface area contributed by atoms with Crippen molar-refractivity contribution in [2.24, 2.45) is 7.05 Å². The van der Waals surface area contributed by atoms with E-state index < -0.39 is 0 Å². The molecule has 1 fully saturated rings. The molecule has 0 atom stereocenters. The van der Waals surface area contributed by atoms with Crippen molar-refractivity contribution in [3.63, 3.8) is 0 Å². The molecular weight excluding hydrogens is 380 g/mol. The lowest BCUT2D eigenvalue weighted by Gasteiger charge is -2.32. The van der Waals surface area contributed by atoms with Gasteiger partial charge in [-0.05, 0) is 62.1 Å². The van der Waals surface area contributed by atoms with Crippen LogP contribution >= 0.6 is 0 Å². The maximum absolute atomic E-state index is 12.7. The van der Waals surface area contributed by atoms with E-state index in [2.05, 4.69) is 26.7 Å². The van der Waals surface area contributed by atoms with Crippen molar-refractivity contribution in [3.8, 4) is 0 Å². The molecular formula is C22H26N6O2. The van der Waals surface area contributed by atoms with Gasteiger partial charge in [-0.25, -0.2) is 14.8 Å². The summed E-state index contributed by atoms with van der Waals surface area (Å²) in [5.41, 5.74) is 4.13. The lowest BCUT2D eigenvalue weighted by Crippen LogP contribution is -2.47. The summed E-state index contributed by atoms with van der Waals surface area (Å²) in [6.07, 6.45) is 3.15. The van der Waals surface area contributed by atoms with Crippen molar-refractivity contribution in [2.45, 2.75) is 32.7 Å². The molecule has 1 aliphatic heterocycles. The number of benzene rings is 1. The Labute approximate surface area is 175 Å². The van der Waals surface area contributed by atoms with E-state index in [-0.39, 0.29) is 17.6 Å². The van der Waals surface area contributed by atoms with Gasteiger partial charge in [0.15, 0.2) is 11.5 Å². The number of urea groups is 1. The Hall–Kier alpha value is -3.42. The first-order valence-electron chi connectivity index (χ1n) is 10.1. The van der Waals surface area contributed by atoms with Gasteiger partial charge in [0.1, 0.15) is 5.52 Å². The van der Waals surface area contributed by atoms with Crippen molar-refractivity contribution in [3.05, 3.63) is 58.0 Å². The zero-order valence-electron chi connectivity index (χ0n) is 17.5. The van der Waals surface area contributed by atoms with Crippen molar-refractivity contribution < 1.29 is 4.79 Å². The number of carbonyl (C=O) groups is 1. The minimum absolute atomic E-state index is 0.0538. The van der Waals surface area contributed by atoms with Gasteiger partial charge >= 0.3 is 6.03 Å². The van der Waals surface area contributed by atoms with E-state index in [9.17, 15) is 9.59 Å². The third kappa shape index (κ3) is 4.12. The van der Waals surface area contributed by atoms with E-state index in [1.807, 2.05) is 43.0 Å². The minimum atomic E-state index is -0.204. The number of hydrogen-bond acceptors (Lipinski definition) is 5. The number of hydrogen-bond donors (Lipinski definition) is 2. The summed E-state index contributed by atoms with van der Waals surface area (Å²) in [5, 5.41) is 5.96. The molecule has 8 nitrogen and oxygen atoms in total. The lowest BCUT2D eigenvalue weighted by molar-refractivity contribution is 0.246. The number of nitrogens with zero attached hydrogens (tertiary/aromatic N) is 4. The average Bonchev–Trinajstić information content (AvgIpc) is 2.70. The van der Waals surface area contributed by atoms with Gasteiger partial charge in [0.05, 0.1) is 0 Å². The largest absolute Gasteiger partial charge is 0.352 e. The molecule has 2 N–H and O–H groups in total. The number of rotatable bonds is 3. The van der Waals surface area contributed by atoms with Gasteiger partial charge in [0.25, 0.3) is 5.56 Å². The predicted molar refractivity (Wildman–Crippen MR) is 118 cm³/mol. The van der Waals surface area contributed by atoms with E-state index >= 15 is 0 Å². The molecule has 3 heterocycles. The molecule has 0 spiro atoms. The van der Waals surface area contributed by atoms with Crippen LogP contribution in [0.25, 0.3) is 11.2 Å². The van der Waals surface area contributed by atoms with Crippen molar-refractivity contribution >= 4 is 28.7 Å². The molecule has 4 rings (SSSR count). The number of fused-ring (bicyclic) bond motifs is 1. The third-order valence-electron chi connectivity index (χ3n) is 5.42. The predicted octanol–water partition coefficient (Wildman–Crippen LogP) is 2.74. The molecule has 2 aromatic heterocycles. The van der Waals surface area contributed by atoms with Gasteiger partial charge in [-0.1, -0.05) is 6.07 Å². The number of aryl methyl sites for hydroxylation is 3. The number of aromatic nitrogens is 3. The molecule has 1 aromatic carbocycles. The maximum atomic E-state index is 12.7. The van der Waals surface area contributed by atoms with Crippen LogP contribution in [0.3, 0.4) is 0 Å². The van der Waals surface area contributed by atoms with E-state index in [1.165, 1.54) is 0 Å². The fourth-order valence-corrected chi connectivity index (χ4v) is 3.98. The van der Waals surface area contributed by atoms with Crippen molar-refractivity contribution in [1.29, 1.82) is 0 Å². The molecule has 0 unspecified atom stereocenters. The van der Waals surface area contributed by atoms with Gasteiger partial charge in [-0.3, -0.25) is 9.36 Å². The monoisotopic (exact) mass is 406 g/mol. The summed E-state index contributed by atoms with van der Waals surface area (Å²) in [5.74, 6) is 0.441. The number of anilines is 2. The second kappa shape index (κ2) is 8.14. The Morgan fingerprint density at radius 2 is 1.83 bits per heavy atom. The second-order valence-corrected chi connectivity index (χ2v) is 7.88. The summed E-state index contributed by atoms with van der Waals surface area (Å²) in [6.45, 7) is 5.32. The molecule has 30 heavy (non-hydrogen) atoms. The zero-order valence-corrected chi connectivity index (χ0v) is 17.5. The molecule has 1 aliphatic rings. The van der Waals surface area contributed by atoms with Crippen LogP contribution in [0.5, 0.6) is 0 Å². The van der Waals surface area contributed by atoms with Crippen LogP contribution < -0.4 is 21.1 Å². The number of pyridine rings is 1. The summed E-state index contributed by atoms with van der Waals surface area (Å²) in [6, 6.07) is 9.49. The Bertz CT molecular complexity index is 1130. The van der Waals surface area contributed by atoms with Crippen LogP contribution in [0, 0.1) is 13.8 Å². The van der Waals surface area contributed by atoms with Crippen LogP contribution in [0.2, 0.25) is 0 Å². The topological polar surface area (TPSA) is 92.2 Å².